The quantitative estimate of drug-likeness (QED) is 0.721. The molecule has 1 aromatic heterocycles. The van der Waals surface area contributed by atoms with E-state index in [0.29, 0.717) is 24.7 Å². The van der Waals surface area contributed by atoms with Crippen molar-refractivity contribution in [2.24, 2.45) is 0 Å². The number of para-hydroxylation sites is 2. The molecule has 0 saturated carbocycles. The van der Waals surface area contributed by atoms with E-state index in [9.17, 15) is 9.59 Å². The number of ether oxygens (including phenoxy) is 2. The van der Waals surface area contributed by atoms with Gasteiger partial charge in [-0.1, -0.05) is 12.1 Å². The predicted octanol–water partition coefficient (Wildman–Crippen LogP) is 1.76. The summed E-state index contributed by atoms with van der Waals surface area (Å²) in [6.07, 6.45) is 0.354. The van der Waals surface area contributed by atoms with Gasteiger partial charge in [0.15, 0.2) is 5.58 Å². The summed E-state index contributed by atoms with van der Waals surface area (Å²) in [5.74, 6) is -0.668. The molecule has 0 atom stereocenters. The van der Waals surface area contributed by atoms with Gasteiger partial charge in [0.2, 0.25) is 0 Å². The van der Waals surface area contributed by atoms with Crippen LogP contribution in [0.15, 0.2) is 28.7 Å². The van der Waals surface area contributed by atoms with Crippen LogP contribution in [-0.2, 0) is 19.1 Å². The van der Waals surface area contributed by atoms with Crippen molar-refractivity contribution in [3.8, 4) is 0 Å². The topological polar surface area (TPSA) is 81.9 Å². The van der Waals surface area contributed by atoms with Crippen molar-refractivity contribution in [1.82, 2.24) is 4.98 Å². The van der Waals surface area contributed by atoms with E-state index in [4.69, 9.17) is 4.42 Å². The van der Waals surface area contributed by atoms with Crippen LogP contribution in [0, 0.1) is 0 Å². The normalized spacial score (nSPS) is 10.5. The van der Waals surface area contributed by atoms with Crippen molar-refractivity contribution < 1.29 is 23.5 Å². The molecule has 1 heterocycles. The molecule has 0 spiro atoms. The van der Waals surface area contributed by atoms with Gasteiger partial charge in [0.25, 0.3) is 6.01 Å². The molecule has 0 bridgehead atoms. The zero-order valence-electron chi connectivity index (χ0n) is 12.6. The first-order valence-corrected chi connectivity index (χ1v) is 6.88. The van der Waals surface area contributed by atoms with Gasteiger partial charge in [-0.3, -0.25) is 9.59 Å². The molecule has 0 N–H and O–H groups in total. The van der Waals surface area contributed by atoms with E-state index in [1.54, 1.807) is 4.90 Å². The number of oxazole rings is 1. The Morgan fingerprint density at radius 1 is 1.09 bits per heavy atom. The van der Waals surface area contributed by atoms with Crippen molar-refractivity contribution in [2.45, 2.75) is 12.8 Å². The number of rotatable bonds is 7. The third kappa shape index (κ3) is 3.97. The Balaban J connectivity index is 2.14. The second-order valence-corrected chi connectivity index (χ2v) is 4.60. The maximum absolute atomic E-state index is 11.3. The molecule has 0 aliphatic heterocycles. The molecule has 0 radical (unpaired) electrons. The van der Waals surface area contributed by atoms with Crippen molar-refractivity contribution in [3.05, 3.63) is 24.3 Å². The van der Waals surface area contributed by atoms with Crippen LogP contribution >= 0.6 is 0 Å². The van der Waals surface area contributed by atoms with Gasteiger partial charge in [-0.05, 0) is 12.1 Å². The number of methoxy groups -OCH3 is 2. The first kappa shape index (κ1) is 15.8. The largest absolute Gasteiger partial charge is 0.469 e. The summed E-state index contributed by atoms with van der Waals surface area (Å²) < 4.78 is 14.9. The first-order valence-electron chi connectivity index (χ1n) is 6.88. The summed E-state index contributed by atoms with van der Waals surface area (Å²) in [5, 5.41) is 0. The number of fused-ring (bicyclic) bond motifs is 1. The molecule has 0 fully saturated rings. The summed E-state index contributed by atoms with van der Waals surface area (Å²) in [7, 11) is 2.67. The van der Waals surface area contributed by atoms with Gasteiger partial charge in [-0.15, -0.1) is 0 Å². The third-order valence-corrected chi connectivity index (χ3v) is 3.18. The second-order valence-electron chi connectivity index (χ2n) is 4.60. The molecule has 0 aliphatic carbocycles. The van der Waals surface area contributed by atoms with Gasteiger partial charge < -0.3 is 18.8 Å². The van der Waals surface area contributed by atoms with Crippen LogP contribution < -0.4 is 4.90 Å². The number of carbonyl (C=O) groups is 2. The standard InChI is InChI=1S/C15H18N2O5/c1-20-13(18)7-9-17(10-8-14(19)21-2)15-16-11-5-3-4-6-12(11)22-15/h3-6H,7-10H2,1-2H3. The lowest BCUT2D eigenvalue weighted by Crippen LogP contribution is -2.29. The maximum Gasteiger partial charge on any atom is 0.307 e. The second kappa shape index (κ2) is 7.44. The third-order valence-electron chi connectivity index (χ3n) is 3.18. The number of benzene rings is 1. The lowest BCUT2D eigenvalue weighted by atomic mass is 10.3. The Labute approximate surface area is 127 Å². The molecule has 2 rings (SSSR count). The molecule has 1 aromatic carbocycles. The summed E-state index contributed by atoms with van der Waals surface area (Å²) in [4.78, 5) is 28.8. The van der Waals surface area contributed by atoms with Crippen LogP contribution in [0.5, 0.6) is 0 Å². The van der Waals surface area contributed by atoms with Gasteiger partial charge in [-0.2, -0.15) is 4.98 Å². The van der Waals surface area contributed by atoms with Crippen molar-refractivity contribution in [3.63, 3.8) is 0 Å². The fourth-order valence-corrected chi connectivity index (χ4v) is 1.96. The lowest BCUT2D eigenvalue weighted by molar-refractivity contribution is -0.140. The van der Waals surface area contributed by atoms with Gasteiger partial charge in [0.1, 0.15) is 5.52 Å². The van der Waals surface area contributed by atoms with E-state index < -0.39 is 0 Å². The molecule has 0 aliphatic rings. The molecule has 22 heavy (non-hydrogen) atoms. The Bertz CT molecular complexity index is 599. The number of carbonyl (C=O) groups excluding carboxylic acids is 2. The van der Waals surface area contributed by atoms with Gasteiger partial charge >= 0.3 is 11.9 Å². The minimum atomic E-state index is -0.334. The minimum absolute atomic E-state index is 0.177. The number of esters is 2. The van der Waals surface area contributed by atoms with E-state index in [-0.39, 0.29) is 24.8 Å². The Morgan fingerprint density at radius 2 is 1.68 bits per heavy atom. The number of hydrogen-bond donors (Lipinski definition) is 0. The maximum atomic E-state index is 11.3. The predicted molar refractivity (Wildman–Crippen MR) is 79.5 cm³/mol. The Kier molecular flexibility index (Phi) is 5.35. The van der Waals surface area contributed by atoms with E-state index in [1.165, 1.54) is 14.2 Å². The monoisotopic (exact) mass is 306 g/mol. The smallest absolute Gasteiger partial charge is 0.307 e. The summed E-state index contributed by atoms with van der Waals surface area (Å²) >= 11 is 0. The van der Waals surface area contributed by atoms with Crippen molar-refractivity contribution in [2.75, 3.05) is 32.2 Å². The van der Waals surface area contributed by atoms with Gasteiger partial charge in [0.05, 0.1) is 27.1 Å². The van der Waals surface area contributed by atoms with E-state index in [2.05, 4.69) is 14.5 Å². The average Bonchev–Trinajstić information content (AvgIpc) is 2.97. The van der Waals surface area contributed by atoms with Crippen LogP contribution in [-0.4, -0.2) is 44.2 Å². The van der Waals surface area contributed by atoms with Crippen LogP contribution in [0.4, 0.5) is 6.01 Å². The molecule has 0 amide bonds. The average molecular weight is 306 g/mol. The molecule has 118 valence electrons. The lowest BCUT2D eigenvalue weighted by Gasteiger charge is -2.19. The number of hydrogen-bond acceptors (Lipinski definition) is 7. The van der Waals surface area contributed by atoms with Crippen molar-refractivity contribution >= 4 is 29.1 Å². The number of nitrogens with zero attached hydrogens (tertiary/aromatic N) is 2. The van der Waals surface area contributed by atoms with E-state index >= 15 is 0 Å². The summed E-state index contributed by atoms with van der Waals surface area (Å²) in [6.45, 7) is 0.687. The highest BCUT2D eigenvalue weighted by atomic mass is 16.5. The van der Waals surface area contributed by atoms with Gasteiger partial charge in [0, 0.05) is 13.1 Å². The molecule has 0 unspecified atom stereocenters. The Morgan fingerprint density at radius 3 is 2.23 bits per heavy atom. The summed E-state index contributed by atoms with van der Waals surface area (Å²) in [6, 6.07) is 7.73. The molecule has 0 saturated heterocycles. The SMILES string of the molecule is COC(=O)CCN(CCC(=O)OC)c1nc2ccccc2o1. The molecule has 2 aromatic rings. The Hall–Kier alpha value is -2.57. The highest BCUT2D eigenvalue weighted by molar-refractivity contribution is 5.75. The zero-order chi connectivity index (χ0) is 15.9. The highest BCUT2D eigenvalue weighted by Crippen LogP contribution is 2.22. The molecule has 7 heteroatoms. The fourth-order valence-electron chi connectivity index (χ4n) is 1.96. The summed E-state index contributed by atoms with van der Waals surface area (Å²) in [5.41, 5.74) is 1.37. The van der Waals surface area contributed by atoms with Crippen LogP contribution in [0.2, 0.25) is 0 Å². The van der Waals surface area contributed by atoms with Crippen LogP contribution in [0.1, 0.15) is 12.8 Å². The minimum Gasteiger partial charge on any atom is -0.469 e. The van der Waals surface area contributed by atoms with E-state index in [0.717, 1.165) is 5.52 Å². The zero-order valence-corrected chi connectivity index (χ0v) is 12.6. The van der Waals surface area contributed by atoms with Gasteiger partial charge in [-0.25, -0.2) is 0 Å². The van der Waals surface area contributed by atoms with E-state index in [1.807, 2.05) is 24.3 Å². The number of anilines is 1. The highest BCUT2D eigenvalue weighted by Gasteiger charge is 2.17. The first-order chi connectivity index (χ1) is 10.6. The van der Waals surface area contributed by atoms with Crippen LogP contribution in [0.3, 0.4) is 0 Å². The molecular weight excluding hydrogens is 288 g/mol. The van der Waals surface area contributed by atoms with Crippen molar-refractivity contribution in [1.29, 1.82) is 0 Å². The number of aromatic nitrogens is 1. The molecular formula is C15H18N2O5. The molecule has 7 nitrogen and oxygen atoms in total. The fraction of sp³-hybridized carbons (Fsp3) is 0.400. The van der Waals surface area contributed by atoms with Crippen LogP contribution in [0.25, 0.3) is 11.1 Å².